The van der Waals surface area contributed by atoms with Crippen molar-refractivity contribution in [3.05, 3.63) is 18.2 Å². The Balaban J connectivity index is 2.03. The second kappa shape index (κ2) is 7.12. The average molecular weight is 323 g/mol. The van der Waals surface area contributed by atoms with Crippen molar-refractivity contribution in [1.29, 1.82) is 0 Å². The summed E-state index contributed by atoms with van der Waals surface area (Å²) < 4.78 is 11.9. The SMILES string of the molecule is COc1ccc(NC(=O)C(C)Sc2nnnn2C)cc1OC. The monoisotopic (exact) mass is 323 g/mol. The van der Waals surface area contributed by atoms with E-state index in [0.29, 0.717) is 22.3 Å². The Bertz CT molecular complexity index is 661. The van der Waals surface area contributed by atoms with Crippen molar-refractivity contribution < 1.29 is 14.3 Å². The topological polar surface area (TPSA) is 91.2 Å². The molecular formula is C13H17N5O3S. The summed E-state index contributed by atoms with van der Waals surface area (Å²) in [5.74, 6) is 1.01. The molecule has 1 heterocycles. The second-order valence-corrected chi connectivity index (χ2v) is 5.71. The third kappa shape index (κ3) is 3.67. The molecule has 0 bridgehead atoms. The number of ether oxygens (including phenoxy) is 2. The van der Waals surface area contributed by atoms with Crippen LogP contribution in [0.15, 0.2) is 23.4 Å². The molecule has 0 aliphatic carbocycles. The minimum absolute atomic E-state index is 0.153. The van der Waals surface area contributed by atoms with Crippen LogP contribution in [0.25, 0.3) is 0 Å². The number of carbonyl (C=O) groups is 1. The first kappa shape index (κ1) is 16.1. The van der Waals surface area contributed by atoms with Gasteiger partial charge in [0.15, 0.2) is 11.5 Å². The Kier molecular flexibility index (Phi) is 5.21. The van der Waals surface area contributed by atoms with Gasteiger partial charge in [0.1, 0.15) is 0 Å². The lowest BCUT2D eigenvalue weighted by molar-refractivity contribution is -0.115. The first-order chi connectivity index (χ1) is 10.5. The molecule has 1 N–H and O–H groups in total. The van der Waals surface area contributed by atoms with Crippen molar-refractivity contribution in [2.45, 2.75) is 17.3 Å². The van der Waals surface area contributed by atoms with E-state index >= 15 is 0 Å². The van der Waals surface area contributed by atoms with E-state index in [2.05, 4.69) is 20.8 Å². The number of carbonyl (C=O) groups excluding carboxylic acids is 1. The highest BCUT2D eigenvalue weighted by atomic mass is 32.2. The van der Waals surface area contributed by atoms with E-state index in [9.17, 15) is 4.79 Å². The van der Waals surface area contributed by atoms with Gasteiger partial charge < -0.3 is 14.8 Å². The molecule has 2 aromatic rings. The van der Waals surface area contributed by atoms with Crippen LogP contribution in [0.3, 0.4) is 0 Å². The lowest BCUT2D eigenvalue weighted by atomic mass is 10.2. The number of aromatic nitrogens is 4. The fraction of sp³-hybridized carbons (Fsp3) is 0.385. The smallest absolute Gasteiger partial charge is 0.237 e. The summed E-state index contributed by atoms with van der Waals surface area (Å²) in [6, 6.07) is 5.19. The molecule has 0 spiro atoms. The number of benzene rings is 1. The Labute approximate surface area is 132 Å². The normalized spacial score (nSPS) is 11.8. The Morgan fingerprint density at radius 1 is 1.32 bits per heavy atom. The molecule has 22 heavy (non-hydrogen) atoms. The number of aryl methyl sites for hydroxylation is 1. The number of hydrogen-bond acceptors (Lipinski definition) is 7. The van der Waals surface area contributed by atoms with Crippen LogP contribution < -0.4 is 14.8 Å². The van der Waals surface area contributed by atoms with Gasteiger partial charge in [-0.15, -0.1) is 5.10 Å². The van der Waals surface area contributed by atoms with E-state index < -0.39 is 0 Å². The maximum absolute atomic E-state index is 12.2. The number of rotatable bonds is 6. The number of nitrogens with zero attached hydrogens (tertiary/aromatic N) is 4. The average Bonchev–Trinajstić information content (AvgIpc) is 2.92. The van der Waals surface area contributed by atoms with E-state index in [4.69, 9.17) is 9.47 Å². The van der Waals surface area contributed by atoms with Crippen molar-refractivity contribution in [1.82, 2.24) is 20.2 Å². The lowest BCUT2D eigenvalue weighted by Gasteiger charge is -2.13. The maximum Gasteiger partial charge on any atom is 0.237 e. The molecule has 0 aliphatic heterocycles. The first-order valence-electron chi connectivity index (χ1n) is 6.47. The quantitative estimate of drug-likeness (QED) is 0.802. The second-order valence-electron chi connectivity index (χ2n) is 4.40. The highest BCUT2D eigenvalue weighted by molar-refractivity contribution is 8.00. The number of hydrogen-bond donors (Lipinski definition) is 1. The van der Waals surface area contributed by atoms with Crippen LogP contribution in [-0.2, 0) is 11.8 Å². The minimum Gasteiger partial charge on any atom is -0.493 e. The fourth-order valence-electron chi connectivity index (χ4n) is 1.69. The van der Waals surface area contributed by atoms with E-state index in [0.717, 1.165) is 0 Å². The van der Waals surface area contributed by atoms with Crippen molar-refractivity contribution in [3.63, 3.8) is 0 Å². The van der Waals surface area contributed by atoms with Crippen molar-refractivity contribution >= 4 is 23.4 Å². The number of thioether (sulfide) groups is 1. The molecule has 1 amide bonds. The minimum atomic E-state index is -0.349. The summed E-state index contributed by atoms with van der Waals surface area (Å²) in [4.78, 5) is 12.2. The molecule has 1 unspecified atom stereocenters. The van der Waals surface area contributed by atoms with Crippen LogP contribution in [0.4, 0.5) is 5.69 Å². The van der Waals surface area contributed by atoms with E-state index in [1.807, 2.05) is 0 Å². The number of nitrogens with one attached hydrogen (secondary N) is 1. The van der Waals surface area contributed by atoms with Gasteiger partial charge >= 0.3 is 0 Å². The molecule has 1 aromatic heterocycles. The van der Waals surface area contributed by atoms with Gasteiger partial charge in [-0.1, -0.05) is 11.8 Å². The summed E-state index contributed by atoms with van der Waals surface area (Å²) in [6.07, 6.45) is 0. The maximum atomic E-state index is 12.2. The molecule has 0 fully saturated rings. The van der Waals surface area contributed by atoms with Crippen LogP contribution in [0.5, 0.6) is 11.5 Å². The number of tetrazole rings is 1. The van der Waals surface area contributed by atoms with Gasteiger partial charge in [0.25, 0.3) is 0 Å². The standard InChI is InChI=1S/C13H17N5O3S/c1-8(22-13-15-16-17-18(13)2)12(19)14-9-5-6-10(20-3)11(7-9)21-4/h5-8H,1-4H3,(H,14,19). The molecule has 0 saturated carbocycles. The van der Waals surface area contributed by atoms with Crippen LogP contribution in [-0.4, -0.2) is 45.6 Å². The van der Waals surface area contributed by atoms with Crippen molar-refractivity contribution in [2.24, 2.45) is 7.05 Å². The Morgan fingerprint density at radius 2 is 2.05 bits per heavy atom. The van der Waals surface area contributed by atoms with Crippen LogP contribution >= 0.6 is 11.8 Å². The molecular weight excluding hydrogens is 306 g/mol. The number of amides is 1. The molecule has 8 nitrogen and oxygen atoms in total. The van der Waals surface area contributed by atoms with Gasteiger partial charge in [-0.2, -0.15) is 0 Å². The van der Waals surface area contributed by atoms with Gasteiger partial charge in [0.05, 0.1) is 19.5 Å². The largest absolute Gasteiger partial charge is 0.493 e. The third-order valence-corrected chi connectivity index (χ3v) is 4.01. The third-order valence-electron chi connectivity index (χ3n) is 2.88. The first-order valence-corrected chi connectivity index (χ1v) is 7.35. The van der Waals surface area contributed by atoms with E-state index in [1.165, 1.54) is 16.4 Å². The highest BCUT2D eigenvalue weighted by Crippen LogP contribution is 2.30. The summed E-state index contributed by atoms with van der Waals surface area (Å²) >= 11 is 1.28. The van der Waals surface area contributed by atoms with Crippen molar-refractivity contribution in [3.8, 4) is 11.5 Å². The molecule has 9 heteroatoms. The molecule has 1 aromatic carbocycles. The fourth-order valence-corrected chi connectivity index (χ4v) is 2.45. The van der Waals surface area contributed by atoms with Gasteiger partial charge in [-0.3, -0.25) is 4.79 Å². The van der Waals surface area contributed by atoms with E-state index in [1.54, 1.807) is 46.4 Å². The molecule has 118 valence electrons. The zero-order valence-electron chi connectivity index (χ0n) is 12.7. The van der Waals surface area contributed by atoms with Gasteiger partial charge in [0.2, 0.25) is 11.1 Å². The zero-order chi connectivity index (χ0) is 16.1. The number of methoxy groups -OCH3 is 2. The summed E-state index contributed by atoms with van der Waals surface area (Å²) in [7, 11) is 4.83. The summed E-state index contributed by atoms with van der Waals surface area (Å²) in [5.41, 5.74) is 0.631. The molecule has 2 rings (SSSR count). The molecule has 0 saturated heterocycles. The molecule has 0 radical (unpaired) electrons. The highest BCUT2D eigenvalue weighted by Gasteiger charge is 2.18. The predicted octanol–water partition coefficient (Wildman–Crippen LogP) is 1.35. The Hall–Kier alpha value is -2.29. The predicted molar refractivity (Wildman–Crippen MR) is 82.3 cm³/mol. The molecule has 0 aliphatic rings. The van der Waals surface area contributed by atoms with Crippen LogP contribution in [0, 0.1) is 0 Å². The summed E-state index contributed by atoms with van der Waals surface area (Å²) in [5, 5.41) is 14.2. The Morgan fingerprint density at radius 3 is 2.64 bits per heavy atom. The van der Waals surface area contributed by atoms with Gasteiger partial charge in [-0.05, 0) is 29.5 Å². The van der Waals surface area contributed by atoms with Crippen molar-refractivity contribution in [2.75, 3.05) is 19.5 Å². The van der Waals surface area contributed by atoms with Crippen LogP contribution in [0.2, 0.25) is 0 Å². The summed E-state index contributed by atoms with van der Waals surface area (Å²) in [6.45, 7) is 1.79. The van der Waals surface area contributed by atoms with E-state index in [-0.39, 0.29) is 11.2 Å². The van der Waals surface area contributed by atoms with Crippen LogP contribution in [0.1, 0.15) is 6.92 Å². The molecule has 1 atom stereocenters. The number of anilines is 1. The lowest BCUT2D eigenvalue weighted by Crippen LogP contribution is -2.22. The van der Waals surface area contributed by atoms with Gasteiger partial charge in [-0.25, -0.2) is 4.68 Å². The zero-order valence-corrected chi connectivity index (χ0v) is 13.5. The van der Waals surface area contributed by atoms with Gasteiger partial charge in [0, 0.05) is 18.8 Å².